The minimum atomic E-state index is -3.88. The van der Waals surface area contributed by atoms with Gasteiger partial charge in [-0.2, -0.15) is 0 Å². The number of ether oxygens (including phenoxy) is 2. The third-order valence-corrected chi connectivity index (χ3v) is 7.40. The van der Waals surface area contributed by atoms with Crippen molar-refractivity contribution in [2.24, 2.45) is 0 Å². The number of sulfonamides is 1. The van der Waals surface area contributed by atoms with Crippen molar-refractivity contribution >= 4 is 21.6 Å². The number of nitrogens with one attached hydrogen (secondary N) is 1. The summed E-state index contributed by atoms with van der Waals surface area (Å²) in [6.07, 6.45) is -0.992. The van der Waals surface area contributed by atoms with E-state index in [-0.39, 0.29) is 24.6 Å². The number of anilines is 1. The van der Waals surface area contributed by atoms with E-state index in [0.717, 1.165) is 22.4 Å². The fourth-order valence-corrected chi connectivity index (χ4v) is 5.25. The molecule has 1 amide bonds. The van der Waals surface area contributed by atoms with Crippen molar-refractivity contribution in [3.8, 4) is 11.5 Å². The molecular weight excluding hydrogens is 452 g/mol. The summed E-state index contributed by atoms with van der Waals surface area (Å²) in [7, 11) is -3.88. The molecule has 0 fully saturated rings. The molecule has 1 N–H and O–H groups in total. The van der Waals surface area contributed by atoms with Gasteiger partial charge in [-0.3, -0.25) is 9.10 Å². The maximum atomic E-state index is 13.4. The summed E-state index contributed by atoms with van der Waals surface area (Å²) in [5.41, 5.74) is 3.42. The summed E-state index contributed by atoms with van der Waals surface area (Å²) < 4.78 is 39.8. The van der Waals surface area contributed by atoms with Gasteiger partial charge in [-0.25, -0.2) is 8.42 Å². The number of amides is 1. The smallest absolute Gasteiger partial charge is 0.264 e. The Morgan fingerprint density at radius 1 is 1.03 bits per heavy atom. The molecule has 1 atom stereocenters. The van der Waals surface area contributed by atoms with Crippen LogP contribution in [0.4, 0.5) is 5.69 Å². The summed E-state index contributed by atoms with van der Waals surface area (Å²) in [6.45, 7) is 6.25. The number of carbonyl (C=O) groups excluding carboxylic acids is 1. The molecule has 3 aromatic rings. The van der Waals surface area contributed by atoms with Crippen LogP contribution in [0, 0.1) is 20.8 Å². The molecule has 8 heteroatoms. The van der Waals surface area contributed by atoms with E-state index in [1.54, 1.807) is 42.5 Å². The van der Waals surface area contributed by atoms with E-state index in [1.807, 2.05) is 45.0 Å². The lowest BCUT2D eigenvalue weighted by Gasteiger charge is -2.35. The molecule has 1 aliphatic heterocycles. The summed E-state index contributed by atoms with van der Waals surface area (Å²) in [4.78, 5) is 13.1. The van der Waals surface area contributed by atoms with Gasteiger partial charge in [0.1, 0.15) is 18.1 Å². The number of benzene rings is 3. The Morgan fingerprint density at radius 3 is 2.50 bits per heavy atom. The lowest BCUT2D eigenvalue weighted by Crippen LogP contribution is -2.51. The van der Waals surface area contributed by atoms with Gasteiger partial charge in [0.15, 0.2) is 6.10 Å². The van der Waals surface area contributed by atoms with Gasteiger partial charge in [0, 0.05) is 0 Å². The first-order chi connectivity index (χ1) is 16.3. The average molecular weight is 481 g/mol. The van der Waals surface area contributed by atoms with Crippen molar-refractivity contribution in [3.63, 3.8) is 0 Å². The molecule has 0 spiro atoms. The van der Waals surface area contributed by atoms with Crippen LogP contribution in [0.1, 0.15) is 16.7 Å². The van der Waals surface area contributed by atoms with E-state index in [0.29, 0.717) is 11.4 Å². The van der Waals surface area contributed by atoms with E-state index in [9.17, 15) is 13.2 Å². The van der Waals surface area contributed by atoms with Crippen LogP contribution in [0.15, 0.2) is 71.6 Å². The first kappa shape index (κ1) is 23.6. The van der Waals surface area contributed by atoms with Gasteiger partial charge in [-0.05, 0) is 67.8 Å². The van der Waals surface area contributed by atoms with Gasteiger partial charge in [0.2, 0.25) is 0 Å². The number of nitrogens with zero attached hydrogens (tertiary/aromatic N) is 1. The van der Waals surface area contributed by atoms with Crippen LogP contribution in [0.25, 0.3) is 0 Å². The van der Waals surface area contributed by atoms with E-state index in [1.165, 1.54) is 4.31 Å². The van der Waals surface area contributed by atoms with Crippen molar-refractivity contribution < 1.29 is 22.7 Å². The average Bonchev–Trinajstić information content (AvgIpc) is 2.83. The minimum Gasteiger partial charge on any atom is -0.491 e. The normalized spacial score (nSPS) is 15.3. The number of aryl methyl sites for hydroxylation is 3. The van der Waals surface area contributed by atoms with Gasteiger partial charge in [0.25, 0.3) is 15.9 Å². The van der Waals surface area contributed by atoms with Crippen molar-refractivity contribution in [1.82, 2.24) is 5.32 Å². The molecule has 0 radical (unpaired) electrons. The number of hydrogen-bond acceptors (Lipinski definition) is 5. The molecule has 0 aliphatic carbocycles. The Labute approximate surface area is 200 Å². The molecular formula is C26H28N2O5S. The standard InChI is InChI=1S/C26H28N2O5S/c1-18-9-11-20(3)23(15-18)32-14-13-27-26(29)25-17-28(22-12-10-19(2)16-24(22)33-25)34(30,31)21-7-5-4-6-8-21/h4-12,15-16,25H,13-14,17H2,1-3H3,(H,27,29)/t25-/m1/s1. The highest BCUT2D eigenvalue weighted by Crippen LogP contribution is 2.37. The minimum absolute atomic E-state index is 0.128. The topological polar surface area (TPSA) is 84.9 Å². The first-order valence-electron chi connectivity index (χ1n) is 11.1. The second-order valence-electron chi connectivity index (χ2n) is 8.34. The van der Waals surface area contributed by atoms with Crippen LogP contribution < -0.4 is 19.1 Å². The predicted molar refractivity (Wildman–Crippen MR) is 131 cm³/mol. The summed E-state index contributed by atoms with van der Waals surface area (Å²) in [6, 6.07) is 19.4. The van der Waals surface area contributed by atoms with Crippen LogP contribution in [0.3, 0.4) is 0 Å². The second kappa shape index (κ2) is 9.77. The molecule has 1 heterocycles. The fourth-order valence-electron chi connectivity index (χ4n) is 3.76. The summed E-state index contributed by atoms with van der Waals surface area (Å²) >= 11 is 0. The Kier molecular flexibility index (Phi) is 6.79. The lowest BCUT2D eigenvalue weighted by atomic mass is 10.1. The largest absolute Gasteiger partial charge is 0.491 e. The molecule has 34 heavy (non-hydrogen) atoms. The molecule has 0 saturated heterocycles. The van der Waals surface area contributed by atoms with Gasteiger partial charge >= 0.3 is 0 Å². The van der Waals surface area contributed by atoms with Crippen LogP contribution in [0.2, 0.25) is 0 Å². The summed E-state index contributed by atoms with van der Waals surface area (Å²) in [5, 5.41) is 2.80. The number of fused-ring (bicyclic) bond motifs is 1. The van der Waals surface area contributed by atoms with E-state index in [4.69, 9.17) is 9.47 Å². The Balaban J connectivity index is 1.48. The summed E-state index contributed by atoms with van der Waals surface area (Å²) in [5.74, 6) is 0.732. The lowest BCUT2D eigenvalue weighted by molar-refractivity contribution is -0.127. The van der Waals surface area contributed by atoms with Gasteiger partial charge in [0.05, 0.1) is 23.7 Å². The van der Waals surface area contributed by atoms with E-state index >= 15 is 0 Å². The molecule has 0 unspecified atom stereocenters. The number of carbonyl (C=O) groups is 1. The monoisotopic (exact) mass is 480 g/mol. The third kappa shape index (κ3) is 5.02. The highest BCUT2D eigenvalue weighted by atomic mass is 32.2. The molecule has 0 saturated carbocycles. The number of rotatable bonds is 7. The fraction of sp³-hybridized carbons (Fsp3) is 0.269. The second-order valence-corrected chi connectivity index (χ2v) is 10.2. The Hall–Kier alpha value is -3.52. The molecule has 1 aliphatic rings. The quantitative estimate of drug-likeness (QED) is 0.521. The van der Waals surface area contributed by atoms with Crippen LogP contribution in [0.5, 0.6) is 11.5 Å². The van der Waals surface area contributed by atoms with Crippen molar-refractivity contribution in [1.29, 1.82) is 0 Å². The van der Waals surface area contributed by atoms with Crippen LogP contribution in [-0.2, 0) is 14.8 Å². The van der Waals surface area contributed by atoms with E-state index in [2.05, 4.69) is 5.32 Å². The van der Waals surface area contributed by atoms with E-state index < -0.39 is 22.0 Å². The maximum absolute atomic E-state index is 13.4. The maximum Gasteiger partial charge on any atom is 0.264 e. The van der Waals surface area contributed by atoms with Gasteiger partial charge in [-0.1, -0.05) is 36.4 Å². The zero-order valence-corrected chi connectivity index (χ0v) is 20.3. The zero-order valence-electron chi connectivity index (χ0n) is 19.4. The molecule has 7 nitrogen and oxygen atoms in total. The third-order valence-electron chi connectivity index (χ3n) is 5.61. The Morgan fingerprint density at radius 2 is 1.74 bits per heavy atom. The first-order valence-corrected chi connectivity index (χ1v) is 12.5. The van der Waals surface area contributed by atoms with Gasteiger partial charge in [-0.15, -0.1) is 0 Å². The molecule has 178 valence electrons. The Bertz CT molecular complexity index is 1290. The molecule has 0 bridgehead atoms. The predicted octanol–water partition coefficient (Wildman–Crippen LogP) is 3.76. The van der Waals surface area contributed by atoms with Crippen LogP contribution in [-0.4, -0.2) is 40.1 Å². The van der Waals surface area contributed by atoms with Crippen molar-refractivity contribution in [2.45, 2.75) is 31.8 Å². The molecule has 3 aromatic carbocycles. The highest BCUT2D eigenvalue weighted by molar-refractivity contribution is 7.92. The number of hydrogen-bond donors (Lipinski definition) is 1. The molecule has 0 aromatic heterocycles. The van der Waals surface area contributed by atoms with Crippen LogP contribution >= 0.6 is 0 Å². The zero-order chi connectivity index (χ0) is 24.3. The highest BCUT2D eigenvalue weighted by Gasteiger charge is 2.37. The van der Waals surface area contributed by atoms with Crippen molar-refractivity contribution in [3.05, 3.63) is 83.4 Å². The van der Waals surface area contributed by atoms with Crippen molar-refractivity contribution in [2.75, 3.05) is 24.0 Å². The molecule has 4 rings (SSSR count). The van der Waals surface area contributed by atoms with Gasteiger partial charge < -0.3 is 14.8 Å². The SMILES string of the molecule is Cc1ccc(C)c(OCCNC(=O)[C@H]2CN(S(=O)(=O)c3ccccc3)c3ccc(C)cc3O2)c1.